The van der Waals surface area contributed by atoms with Crippen molar-refractivity contribution >= 4 is 29.2 Å². The van der Waals surface area contributed by atoms with Gasteiger partial charge in [-0.15, -0.1) is 0 Å². The van der Waals surface area contributed by atoms with Gasteiger partial charge in [0.15, 0.2) is 0 Å². The van der Waals surface area contributed by atoms with Gasteiger partial charge in [-0.1, -0.05) is 13.8 Å². The Bertz CT molecular complexity index is 557. The number of carbonyl (C=O) groups excluding carboxylic acids is 2. The predicted octanol–water partition coefficient (Wildman–Crippen LogP) is 1.77. The highest BCUT2D eigenvalue weighted by Gasteiger charge is 2.24. The van der Waals surface area contributed by atoms with Gasteiger partial charge in [0.2, 0.25) is 11.8 Å². The minimum atomic E-state index is -0.929. The third-order valence-corrected chi connectivity index (χ3v) is 3.35. The fraction of sp³-hybridized carbons (Fsp3) is 0.438. The number of likely N-dealkylation sites (N-methyl/N-ethyl adjacent to an activating group) is 1. The first-order valence-corrected chi connectivity index (χ1v) is 7.51. The number of hydrogen-bond donors (Lipinski definition) is 3. The highest BCUT2D eigenvalue weighted by molar-refractivity contribution is 5.93. The first-order chi connectivity index (χ1) is 10.9. The molecule has 0 fully saturated rings. The molecule has 0 saturated carbocycles. The fourth-order valence-electron chi connectivity index (χ4n) is 2.26. The van der Waals surface area contributed by atoms with E-state index in [1.165, 1.54) is 6.92 Å². The van der Waals surface area contributed by atoms with E-state index in [-0.39, 0.29) is 18.4 Å². The molecule has 1 aromatic carbocycles. The van der Waals surface area contributed by atoms with Gasteiger partial charge < -0.3 is 15.7 Å². The lowest BCUT2D eigenvalue weighted by Gasteiger charge is -2.25. The van der Waals surface area contributed by atoms with E-state index in [0.29, 0.717) is 24.3 Å². The Kier molecular flexibility index (Phi) is 7.21. The number of amides is 2. The van der Waals surface area contributed by atoms with Crippen molar-refractivity contribution < 1.29 is 19.5 Å². The van der Waals surface area contributed by atoms with E-state index in [2.05, 4.69) is 10.6 Å². The molecule has 1 rings (SSSR count). The molecular weight excluding hydrogens is 298 g/mol. The molecule has 126 valence electrons. The second-order valence-corrected chi connectivity index (χ2v) is 5.13. The number of benzene rings is 1. The van der Waals surface area contributed by atoms with Gasteiger partial charge in [0.25, 0.3) is 0 Å². The van der Waals surface area contributed by atoms with Gasteiger partial charge in [0, 0.05) is 18.3 Å². The predicted molar refractivity (Wildman–Crippen MR) is 88.3 cm³/mol. The van der Waals surface area contributed by atoms with E-state index < -0.39 is 12.0 Å². The summed E-state index contributed by atoms with van der Waals surface area (Å²) in [5.41, 5.74) is 1.23. The molecule has 7 heteroatoms. The van der Waals surface area contributed by atoms with E-state index in [0.717, 1.165) is 0 Å². The molecular formula is C16H23N3O4. The molecule has 0 aromatic heterocycles. The zero-order valence-electron chi connectivity index (χ0n) is 13.6. The number of carboxylic acid groups (broad SMARTS) is 1. The van der Waals surface area contributed by atoms with Gasteiger partial charge in [0.1, 0.15) is 6.04 Å². The Morgan fingerprint density at radius 1 is 1.09 bits per heavy atom. The van der Waals surface area contributed by atoms with Crippen molar-refractivity contribution in [2.75, 3.05) is 23.7 Å². The maximum Gasteiger partial charge on any atom is 0.320 e. The summed E-state index contributed by atoms with van der Waals surface area (Å²) in [5, 5.41) is 14.5. The largest absolute Gasteiger partial charge is 0.480 e. The molecule has 0 spiro atoms. The molecule has 0 aliphatic heterocycles. The fourth-order valence-corrected chi connectivity index (χ4v) is 2.26. The van der Waals surface area contributed by atoms with Gasteiger partial charge in [-0.2, -0.15) is 0 Å². The van der Waals surface area contributed by atoms with Crippen LogP contribution in [0.1, 0.15) is 27.2 Å². The first-order valence-electron chi connectivity index (χ1n) is 7.51. The van der Waals surface area contributed by atoms with Crippen molar-refractivity contribution in [1.29, 1.82) is 0 Å². The monoisotopic (exact) mass is 321 g/mol. The zero-order valence-corrected chi connectivity index (χ0v) is 13.6. The number of nitrogens with one attached hydrogen (secondary N) is 2. The summed E-state index contributed by atoms with van der Waals surface area (Å²) in [7, 11) is 0. The second-order valence-electron chi connectivity index (χ2n) is 5.13. The average molecular weight is 321 g/mol. The first kappa shape index (κ1) is 18.6. The van der Waals surface area contributed by atoms with Crippen LogP contribution in [0, 0.1) is 0 Å². The second kappa shape index (κ2) is 8.89. The molecule has 0 aliphatic rings. The lowest BCUT2D eigenvalue weighted by atomic mass is 10.2. The van der Waals surface area contributed by atoms with Crippen molar-refractivity contribution in [2.24, 2.45) is 0 Å². The Labute approximate surface area is 135 Å². The number of carbonyl (C=O) groups is 3. The zero-order chi connectivity index (χ0) is 17.4. The van der Waals surface area contributed by atoms with Crippen LogP contribution in [0.5, 0.6) is 0 Å². The van der Waals surface area contributed by atoms with Crippen molar-refractivity contribution in [2.45, 2.75) is 33.2 Å². The third kappa shape index (κ3) is 6.07. The minimum absolute atomic E-state index is 0.00868. The van der Waals surface area contributed by atoms with Crippen LogP contribution in [0.25, 0.3) is 0 Å². The molecule has 0 bridgehead atoms. The van der Waals surface area contributed by atoms with Crippen molar-refractivity contribution in [1.82, 2.24) is 4.90 Å². The Morgan fingerprint density at radius 3 is 2.00 bits per heavy atom. The summed E-state index contributed by atoms with van der Waals surface area (Å²) >= 11 is 0. The van der Waals surface area contributed by atoms with Crippen LogP contribution in [-0.4, -0.2) is 46.9 Å². The van der Waals surface area contributed by atoms with Gasteiger partial charge in [-0.05, 0) is 37.2 Å². The van der Waals surface area contributed by atoms with Crippen LogP contribution in [-0.2, 0) is 14.4 Å². The molecule has 3 N–H and O–H groups in total. The number of carboxylic acids is 1. The SMILES string of the molecule is CCC(C(=O)O)N(CC)CC(=O)Nc1ccc(NC(C)=O)cc1. The Hall–Kier alpha value is -2.41. The molecule has 2 amide bonds. The van der Waals surface area contributed by atoms with E-state index in [1.807, 2.05) is 6.92 Å². The number of nitrogens with zero attached hydrogens (tertiary/aromatic N) is 1. The number of anilines is 2. The van der Waals surface area contributed by atoms with E-state index >= 15 is 0 Å². The van der Waals surface area contributed by atoms with Gasteiger partial charge in [-0.25, -0.2) is 0 Å². The normalized spacial score (nSPS) is 11.8. The maximum atomic E-state index is 12.1. The summed E-state index contributed by atoms with van der Waals surface area (Å²) in [4.78, 5) is 35.8. The number of rotatable bonds is 8. The van der Waals surface area contributed by atoms with Crippen molar-refractivity contribution in [3.05, 3.63) is 24.3 Å². The van der Waals surface area contributed by atoms with Crippen LogP contribution >= 0.6 is 0 Å². The highest BCUT2D eigenvalue weighted by atomic mass is 16.4. The summed E-state index contributed by atoms with van der Waals surface area (Å²) in [6.45, 7) is 5.50. The smallest absolute Gasteiger partial charge is 0.320 e. The summed E-state index contributed by atoms with van der Waals surface area (Å²) in [5.74, 6) is -1.37. The van der Waals surface area contributed by atoms with Crippen LogP contribution < -0.4 is 10.6 Å². The third-order valence-electron chi connectivity index (χ3n) is 3.35. The van der Waals surface area contributed by atoms with E-state index in [4.69, 9.17) is 0 Å². The van der Waals surface area contributed by atoms with Crippen LogP contribution in [0.3, 0.4) is 0 Å². The molecule has 0 heterocycles. The summed E-state index contributed by atoms with van der Waals surface area (Å²) in [6, 6.07) is 6.04. The van der Waals surface area contributed by atoms with Gasteiger partial charge >= 0.3 is 5.97 Å². The summed E-state index contributed by atoms with van der Waals surface area (Å²) < 4.78 is 0. The lowest BCUT2D eigenvalue weighted by Crippen LogP contribution is -2.44. The number of aliphatic carboxylic acids is 1. The number of hydrogen-bond acceptors (Lipinski definition) is 4. The van der Waals surface area contributed by atoms with Crippen molar-refractivity contribution in [3.8, 4) is 0 Å². The van der Waals surface area contributed by atoms with Gasteiger partial charge in [0.05, 0.1) is 6.54 Å². The summed E-state index contributed by atoms with van der Waals surface area (Å²) in [6.07, 6.45) is 0.432. The van der Waals surface area contributed by atoms with Crippen LogP contribution in [0.2, 0.25) is 0 Å². The molecule has 7 nitrogen and oxygen atoms in total. The van der Waals surface area contributed by atoms with Gasteiger partial charge in [-0.3, -0.25) is 19.3 Å². The Balaban J connectivity index is 2.64. The topological polar surface area (TPSA) is 98.7 Å². The average Bonchev–Trinajstić information content (AvgIpc) is 2.48. The van der Waals surface area contributed by atoms with E-state index in [1.54, 1.807) is 36.1 Å². The van der Waals surface area contributed by atoms with Crippen LogP contribution in [0.15, 0.2) is 24.3 Å². The standard InChI is InChI=1S/C16H23N3O4/c1-4-14(16(22)23)19(5-2)10-15(21)18-13-8-6-12(7-9-13)17-11(3)20/h6-9,14H,4-5,10H2,1-3H3,(H,17,20)(H,18,21)(H,22,23). The maximum absolute atomic E-state index is 12.1. The molecule has 0 radical (unpaired) electrons. The van der Waals surface area contributed by atoms with E-state index in [9.17, 15) is 19.5 Å². The highest BCUT2D eigenvalue weighted by Crippen LogP contribution is 2.14. The molecule has 1 aromatic rings. The quantitative estimate of drug-likeness (QED) is 0.678. The molecule has 0 aliphatic carbocycles. The van der Waals surface area contributed by atoms with Crippen LogP contribution in [0.4, 0.5) is 11.4 Å². The Morgan fingerprint density at radius 2 is 1.61 bits per heavy atom. The molecule has 1 unspecified atom stereocenters. The minimum Gasteiger partial charge on any atom is -0.480 e. The lowest BCUT2D eigenvalue weighted by molar-refractivity contribution is -0.143. The molecule has 23 heavy (non-hydrogen) atoms. The molecule has 1 atom stereocenters. The van der Waals surface area contributed by atoms with Crippen molar-refractivity contribution in [3.63, 3.8) is 0 Å². The molecule has 0 saturated heterocycles.